The Morgan fingerprint density at radius 1 is 1.12 bits per heavy atom. The first-order chi connectivity index (χ1) is 8.22. The molecule has 2 nitrogen and oxygen atoms in total. The van der Waals surface area contributed by atoms with Gasteiger partial charge in [0.1, 0.15) is 11.9 Å². The Kier molecular flexibility index (Phi) is 2.83. The van der Waals surface area contributed by atoms with Gasteiger partial charge in [0.2, 0.25) is 0 Å². The Labute approximate surface area is 104 Å². The number of aryl methyl sites for hydroxylation is 2. The van der Waals surface area contributed by atoms with Gasteiger partial charge < -0.3 is 4.74 Å². The highest BCUT2D eigenvalue weighted by Crippen LogP contribution is 2.31. The van der Waals surface area contributed by atoms with Gasteiger partial charge in [-0.15, -0.1) is 0 Å². The molecular formula is C15H21NO. The molecule has 0 unspecified atom stereocenters. The van der Waals surface area contributed by atoms with Gasteiger partial charge in [-0.1, -0.05) is 6.07 Å². The number of nitrogens with zero attached hydrogens (tertiary/aromatic N) is 1. The van der Waals surface area contributed by atoms with Crippen molar-refractivity contribution < 1.29 is 4.74 Å². The maximum absolute atomic E-state index is 6.18. The molecule has 1 aromatic carbocycles. The zero-order valence-electron chi connectivity index (χ0n) is 10.8. The lowest BCUT2D eigenvalue weighted by molar-refractivity contribution is -0.00778. The number of piperidine rings is 3. The maximum atomic E-state index is 6.18. The highest BCUT2D eigenvalue weighted by atomic mass is 16.5. The van der Waals surface area contributed by atoms with Crippen LogP contribution in [-0.4, -0.2) is 30.6 Å². The molecule has 0 aromatic heterocycles. The van der Waals surface area contributed by atoms with Gasteiger partial charge in [0.05, 0.1) is 0 Å². The van der Waals surface area contributed by atoms with Crippen molar-refractivity contribution >= 4 is 0 Å². The van der Waals surface area contributed by atoms with Crippen molar-refractivity contribution in [2.45, 2.75) is 32.8 Å². The van der Waals surface area contributed by atoms with Gasteiger partial charge in [0.25, 0.3) is 0 Å². The highest BCUT2D eigenvalue weighted by molar-refractivity contribution is 5.34. The van der Waals surface area contributed by atoms with Crippen LogP contribution in [0.3, 0.4) is 0 Å². The van der Waals surface area contributed by atoms with Crippen LogP contribution in [-0.2, 0) is 0 Å². The summed E-state index contributed by atoms with van der Waals surface area (Å²) in [4.78, 5) is 2.53. The second-order valence-corrected chi connectivity index (χ2v) is 5.54. The lowest BCUT2D eigenvalue weighted by Gasteiger charge is -2.44. The molecule has 3 aliphatic rings. The molecule has 17 heavy (non-hydrogen) atoms. The molecule has 1 atom stereocenters. The van der Waals surface area contributed by atoms with E-state index in [9.17, 15) is 0 Å². The lowest BCUT2D eigenvalue weighted by Crippen LogP contribution is -2.52. The minimum absolute atomic E-state index is 0.416. The second-order valence-electron chi connectivity index (χ2n) is 5.54. The molecule has 3 aliphatic heterocycles. The summed E-state index contributed by atoms with van der Waals surface area (Å²) in [5.41, 5.74) is 2.66. The van der Waals surface area contributed by atoms with Crippen LogP contribution in [0.2, 0.25) is 0 Å². The predicted molar refractivity (Wildman–Crippen MR) is 69.5 cm³/mol. The number of fused-ring (bicyclic) bond motifs is 3. The van der Waals surface area contributed by atoms with Crippen LogP contribution in [0.25, 0.3) is 0 Å². The number of ether oxygens (including phenoxy) is 1. The van der Waals surface area contributed by atoms with Gasteiger partial charge in [0, 0.05) is 6.54 Å². The van der Waals surface area contributed by atoms with Gasteiger partial charge in [0.15, 0.2) is 0 Å². The van der Waals surface area contributed by atoms with E-state index in [1.165, 1.54) is 37.1 Å². The molecule has 1 aromatic rings. The molecule has 2 bridgehead atoms. The lowest BCUT2D eigenvalue weighted by atomic mass is 9.86. The van der Waals surface area contributed by atoms with Gasteiger partial charge in [-0.25, -0.2) is 0 Å². The maximum Gasteiger partial charge on any atom is 0.120 e. The smallest absolute Gasteiger partial charge is 0.120 e. The number of rotatable bonds is 2. The van der Waals surface area contributed by atoms with Gasteiger partial charge in [-0.3, -0.25) is 4.90 Å². The molecule has 3 saturated heterocycles. The van der Waals surface area contributed by atoms with E-state index >= 15 is 0 Å². The third kappa shape index (κ3) is 2.19. The Morgan fingerprint density at radius 3 is 2.47 bits per heavy atom. The summed E-state index contributed by atoms with van der Waals surface area (Å²) in [5, 5.41) is 0. The second kappa shape index (κ2) is 4.34. The zero-order chi connectivity index (χ0) is 11.8. The van der Waals surface area contributed by atoms with Gasteiger partial charge in [-0.2, -0.15) is 0 Å². The fourth-order valence-corrected chi connectivity index (χ4v) is 3.01. The number of hydrogen-bond donors (Lipinski definition) is 0. The minimum atomic E-state index is 0.416. The molecule has 0 spiro atoms. The molecule has 0 saturated carbocycles. The average Bonchev–Trinajstić information content (AvgIpc) is 2.35. The molecule has 0 N–H and O–H groups in total. The third-order valence-electron chi connectivity index (χ3n) is 4.36. The Balaban J connectivity index is 1.72. The van der Waals surface area contributed by atoms with Gasteiger partial charge >= 0.3 is 0 Å². The molecule has 3 heterocycles. The van der Waals surface area contributed by atoms with Crippen LogP contribution in [0.1, 0.15) is 24.0 Å². The fourth-order valence-electron chi connectivity index (χ4n) is 3.01. The SMILES string of the molecule is Cc1ccc(O[C@H]2CN3CCC2CC3)cc1C. The normalized spacial score (nSPS) is 31.5. The fraction of sp³-hybridized carbons (Fsp3) is 0.600. The van der Waals surface area contributed by atoms with Crippen molar-refractivity contribution in [3.05, 3.63) is 29.3 Å². The predicted octanol–water partition coefficient (Wildman–Crippen LogP) is 2.78. The largest absolute Gasteiger partial charge is 0.489 e. The van der Waals surface area contributed by atoms with Crippen LogP contribution >= 0.6 is 0 Å². The van der Waals surface area contributed by atoms with E-state index in [0.717, 1.165) is 18.2 Å². The quantitative estimate of drug-likeness (QED) is 0.776. The van der Waals surface area contributed by atoms with E-state index in [1.54, 1.807) is 0 Å². The third-order valence-corrected chi connectivity index (χ3v) is 4.36. The van der Waals surface area contributed by atoms with E-state index in [-0.39, 0.29) is 0 Å². The summed E-state index contributed by atoms with van der Waals surface area (Å²) in [6, 6.07) is 6.44. The average molecular weight is 231 g/mol. The highest BCUT2D eigenvalue weighted by Gasteiger charge is 2.35. The van der Waals surface area contributed by atoms with Crippen molar-refractivity contribution in [1.29, 1.82) is 0 Å². The molecule has 0 aliphatic carbocycles. The minimum Gasteiger partial charge on any atom is -0.489 e. The Morgan fingerprint density at radius 2 is 1.88 bits per heavy atom. The number of hydrogen-bond acceptors (Lipinski definition) is 2. The van der Waals surface area contributed by atoms with E-state index in [0.29, 0.717) is 6.10 Å². The molecule has 92 valence electrons. The summed E-state index contributed by atoms with van der Waals surface area (Å²) < 4.78 is 6.18. The summed E-state index contributed by atoms with van der Waals surface area (Å²) in [5.74, 6) is 1.83. The first kappa shape index (κ1) is 11.1. The first-order valence-corrected chi connectivity index (χ1v) is 6.68. The zero-order valence-corrected chi connectivity index (χ0v) is 10.8. The van der Waals surface area contributed by atoms with Crippen LogP contribution in [0.4, 0.5) is 0 Å². The van der Waals surface area contributed by atoms with E-state index < -0.39 is 0 Å². The summed E-state index contributed by atoms with van der Waals surface area (Å²) in [6.07, 6.45) is 3.05. The van der Waals surface area contributed by atoms with Crippen LogP contribution in [0, 0.1) is 19.8 Å². The van der Waals surface area contributed by atoms with Crippen molar-refractivity contribution in [3.63, 3.8) is 0 Å². The van der Waals surface area contributed by atoms with Crippen molar-refractivity contribution in [3.8, 4) is 5.75 Å². The first-order valence-electron chi connectivity index (χ1n) is 6.68. The Hall–Kier alpha value is -1.02. The van der Waals surface area contributed by atoms with E-state index in [2.05, 4.69) is 36.9 Å². The summed E-state index contributed by atoms with van der Waals surface area (Å²) in [6.45, 7) is 7.97. The van der Waals surface area contributed by atoms with Gasteiger partial charge in [-0.05, 0) is 69.0 Å². The van der Waals surface area contributed by atoms with E-state index in [4.69, 9.17) is 4.74 Å². The van der Waals surface area contributed by atoms with Crippen LogP contribution in [0.15, 0.2) is 18.2 Å². The van der Waals surface area contributed by atoms with Crippen molar-refractivity contribution in [1.82, 2.24) is 4.90 Å². The molecule has 0 amide bonds. The molecule has 0 radical (unpaired) electrons. The Bertz CT molecular complexity index is 407. The standard InChI is InChI=1S/C15H21NO/c1-11-3-4-14(9-12(11)2)17-15-10-16-7-5-13(15)6-8-16/h3-4,9,13,15H,5-8,10H2,1-2H3/t15-/m0/s1. The molecule has 2 heteroatoms. The van der Waals surface area contributed by atoms with Crippen LogP contribution in [0.5, 0.6) is 5.75 Å². The molecular weight excluding hydrogens is 210 g/mol. The van der Waals surface area contributed by atoms with Crippen molar-refractivity contribution in [2.75, 3.05) is 19.6 Å². The summed E-state index contributed by atoms with van der Waals surface area (Å²) >= 11 is 0. The van der Waals surface area contributed by atoms with Crippen molar-refractivity contribution in [2.24, 2.45) is 5.92 Å². The molecule has 3 fully saturated rings. The summed E-state index contributed by atoms with van der Waals surface area (Å²) in [7, 11) is 0. The monoisotopic (exact) mass is 231 g/mol. The number of benzene rings is 1. The molecule has 4 rings (SSSR count). The van der Waals surface area contributed by atoms with Crippen LogP contribution < -0.4 is 4.74 Å². The van der Waals surface area contributed by atoms with E-state index in [1.807, 2.05) is 0 Å². The topological polar surface area (TPSA) is 12.5 Å².